The monoisotopic (exact) mass is 276 g/mol. The zero-order valence-electron chi connectivity index (χ0n) is 11.2. The molecule has 0 saturated heterocycles. The average molecular weight is 277 g/mol. The lowest BCUT2D eigenvalue weighted by atomic mass is 9.93. The lowest BCUT2D eigenvalue weighted by Gasteiger charge is -2.11. The number of halogens is 1. The molecule has 0 atom stereocenters. The molecule has 0 fully saturated rings. The fraction of sp³-hybridized carbons (Fsp3) is 0.0526. The maximum Gasteiger partial charge on any atom is 0.0490 e. The Bertz CT molecular complexity index is 952. The molecular formula is C19H13Cl. The minimum Gasteiger partial charge on any atom is -0.0836 e. The Morgan fingerprint density at radius 1 is 0.650 bits per heavy atom. The van der Waals surface area contributed by atoms with Crippen molar-refractivity contribution in [1.82, 2.24) is 0 Å². The van der Waals surface area contributed by atoms with Gasteiger partial charge in [0.25, 0.3) is 0 Å². The molecule has 0 amide bonds. The van der Waals surface area contributed by atoms with E-state index in [2.05, 4.69) is 55.5 Å². The molecule has 96 valence electrons. The Kier molecular flexibility index (Phi) is 2.48. The van der Waals surface area contributed by atoms with Crippen LogP contribution in [-0.4, -0.2) is 0 Å². The van der Waals surface area contributed by atoms with Crippen LogP contribution in [-0.2, 0) is 0 Å². The molecule has 4 aromatic rings. The van der Waals surface area contributed by atoms with Gasteiger partial charge in [0.15, 0.2) is 0 Å². The fourth-order valence-electron chi connectivity index (χ4n) is 3.07. The molecule has 0 aromatic heterocycles. The molecule has 4 rings (SSSR count). The van der Waals surface area contributed by atoms with Crippen LogP contribution in [0.25, 0.3) is 32.3 Å². The highest BCUT2D eigenvalue weighted by Gasteiger charge is 2.10. The molecule has 0 spiro atoms. The standard InChI is InChI=1S/C19H13Cl/c1-12-9-10-16-17(11-12)14-6-3-2-5-13(14)15-7-4-8-18(20)19(15)16/h2-11H,1H3. The van der Waals surface area contributed by atoms with Crippen LogP contribution < -0.4 is 0 Å². The summed E-state index contributed by atoms with van der Waals surface area (Å²) in [4.78, 5) is 0. The zero-order valence-corrected chi connectivity index (χ0v) is 11.9. The summed E-state index contributed by atoms with van der Waals surface area (Å²) in [5, 5.41) is 8.27. The Labute approximate surface area is 122 Å². The van der Waals surface area contributed by atoms with Crippen LogP contribution in [0.4, 0.5) is 0 Å². The maximum atomic E-state index is 6.48. The first kappa shape index (κ1) is 11.7. The van der Waals surface area contributed by atoms with Crippen LogP contribution in [0.3, 0.4) is 0 Å². The van der Waals surface area contributed by atoms with Gasteiger partial charge in [-0.25, -0.2) is 0 Å². The van der Waals surface area contributed by atoms with Gasteiger partial charge in [-0.3, -0.25) is 0 Å². The van der Waals surface area contributed by atoms with E-state index >= 15 is 0 Å². The minimum absolute atomic E-state index is 0.821. The highest BCUT2D eigenvalue weighted by atomic mass is 35.5. The van der Waals surface area contributed by atoms with E-state index < -0.39 is 0 Å². The van der Waals surface area contributed by atoms with E-state index in [0.717, 1.165) is 10.4 Å². The second kappa shape index (κ2) is 4.22. The maximum absolute atomic E-state index is 6.48. The van der Waals surface area contributed by atoms with Gasteiger partial charge < -0.3 is 0 Å². The minimum atomic E-state index is 0.821. The van der Waals surface area contributed by atoms with E-state index in [1.54, 1.807) is 0 Å². The van der Waals surface area contributed by atoms with Gasteiger partial charge in [0.1, 0.15) is 0 Å². The van der Waals surface area contributed by atoms with Crippen LogP contribution in [0, 0.1) is 6.92 Å². The Morgan fingerprint density at radius 3 is 2.10 bits per heavy atom. The van der Waals surface area contributed by atoms with Crippen molar-refractivity contribution < 1.29 is 0 Å². The highest BCUT2D eigenvalue weighted by molar-refractivity contribution is 6.40. The van der Waals surface area contributed by atoms with Crippen LogP contribution in [0.15, 0.2) is 60.7 Å². The van der Waals surface area contributed by atoms with Gasteiger partial charge in [0.05, 0.1) is 0 Å². The molecular weight excluding hydrogens is 264 g/mol. The van der Waals surface area contributed by atoms with Gasteiger partial charge in [0, 0.05) is 10.4 Å². The molecule has 0 bridgehead atoms. The summed E-state index contributed by atoms with van der Waals surface area (Å²) in [6.45, 7) is 2.13. The molecule has 4 aromatic carbocycles. The number of hydrogen-bond acceptors (Lipinski definition) is 0. The summed E-state index contributed by atoms with van der Waals surface area (Å²) in [6.07, 6.45) is 0. The van der Waals surface area contributed by atoms with Crippen molar-refractivity contribution in [3.8, 4) is 0 Å². The zero-order chi connectivity index (χ0) is 13.7. The molecule has 0 radical (unpaired) electrons. The molecule has 0 heterocycles. The molecule has 1 heteroatoms. The Hall–Kier alpha value is -2.05. The number of hydrogen-bond donors (Lipinski definition) is 0. The smallest absolute Gasteiger partial charge is 0.0490 e. The first-order valence-corrected chi connectivity index (χ1v) is 7.13. The van der Waals surface area contributed by atoms with Gasteiger partial charge in [-0.2, -0.15) is 0 Å². The summed E-state index contributed by atoms with van der Waals surface area (Å²) in [5.41, 5.74) is 1.27. The lowest BCUT2D eigenvalue weighted by molar-refractivity contribution is 1.51. The van der Waals surface area contributed by atoms with Crippen LogP contribution >= 0.6 is 11.6 Å². The van der Waals surface area contributed by atoms with Crippen molar-refractivity contribution >= 4 is 43.9 Å². The van der Waals surface area contributed by atoms with Crippen molar-refractivity contribution in [2.75, 3.05) is 0 Å². The van der Waals surface area contributed by atoms with Gasteiger partial charge in [-0.15, -0.1) is 0 Å². The Balaban J connectivity index is 2.45. The van der Waals surface area contributed by atoms with Crippen molar-refractivity contribution in [3.63, 3.8) is 0 Å². The van der Waals surface area contributed by atoms with Crippen LogP contribution in [0.2, 0.25) is 5.02 Å². The molecule has 0 saturated carbocycles. The molecule has 0 aliphatic carbocycles. The fourth-order valence-corrected chi connectivity index (χ4v) is 3.35. The number of rotatable bonds is 0. The first-order chi connectivity index (χ1) is 9.75. The Morgan fingerprint density at radius 2 is 1.30 bits per heavy atom. The van der Waals surface area contributed by atoms with Gasteiger partial charge in [-0.05, 0) is 39.9 Å². The summed E-state index contributed by atoms with van der Waals surface area (Å²) in [7, 11) is 0. The summed E-state index contributed by atoms with van der Waals surface area (Å²) in [5.74, 6) is 0. The van der Waals surface area contributed by atoms with E-state index in [9.17, 15) is 0 Å². The third-order valence-corrected chi connectivity index (χ3v) is 4.28. The van der Waals surface area contributed by atoms with E-state index in [1.165, 1.54) is 32.5 Å². The molecule has 20 heavy (non-hydrogen) atoms. The van der Waals surface area contributed by atoms with E-state index in [-0.39, 0.29) is 0 Å². The van der Waals surface area contributed by atoms with E-state index in [0.29, 0.717) is 0 Å². The van der Waals surface area contributed by atoms with Gasteiger partial charge in [-0.1, -0.05) is 71.8 Å². The topological polar surface area (TPSA) is 0 Å². The predicted molar refractivity (Wildman–Crippen MR) is 88.7 cm³/mol. The normalized spacial score (nSPS) is 11.5. The third-order valence-electron chi connectivity index (χ3n) is 3.97. The van der Waals surface area contributed by atoms with Crippen molar-refractivity contribution in [3.05, 3.63) is 71.2 Å². The van der Waals surface area contributed by atoms with E-state index in [4.69, 9.17) is 11.6 Å². The molecule has 0 aliphatic rings. The number of aryl methyl sites for hydroxylation is 1. The predicted octanol–water partition coefficient (Wildman–Crippen LogP) is 6.11. The molecule has 0 N–H and O–H groups in total. The average Bonchev–Trinajstić information content (AvgIpc) is 2.47. The first-order valence-electron chi connectivity index (χ1n) is 6.75. The van der Waals surface area contributed by atoms with Crippen LogP contribution in [0.1, 0.15) is 5.56 Å². The number of fused-ring (bicyclic) bond motifs is 6. The summed E-state index contributed by atoms with van der Waals surface area (Å²) < 4.78 is 0. The summed E-state index contributed by atoms with van der Waals surface area (Å²) in [6, 6.07) is 21.3. The van der Waals surface area contributed by atoms with Gasteiger partial charge in [0.2, 0.25) is 0 Å². The lowest BCUT2D eigenvalue weighted by Crippen LogP contribution is -1.84. The van der Waals surface area contributed by atoms with Crippen LogP contribution in [0.5, 0.6) is 0 Å². The van der Waals surface area contributed by atoms with Gasteiger partial charge >= 0.3 is 0 Å². The van der Waals surface area contributed by atoms with Crippen molar-refractivity contribution in [2.24, 2.45) is 0 Å². The largest absolute Gasteiger partial charge is 0.0836 e. The second-order valence-corrected chi connectivity index (χ2v) is 5.66. The highest BCUT2D eigenvalue weighted by Crippen LogP contribution is 2.38. The van der Waals surface area contributed by atoms with Crippen molar-refractivity contribution in [2.45, 2.75) is 6.92 Å². The number of benzene rings is 4. The van der Waals surface area contributed by atoms with E-state index in [1.807, 2.05) is 12.1 Å². The quantitative estimate of drug-likeness (QED) is 0.340. The molecule has 0 aliphatic heterocycles. The SMILES string of the molecule is Cc1ccc2c(c1)c1ccccc1c1cccc(Cl)c12. The van der Waals surface area contributed by atoms with Crippen molar-refractivity contribution in [1.29, 1.82) is 0 Å². The third kappa shape index (κ3) is 1.55. The molecule has 0 unspecified atom stereocenters. The molecule has 0 nitrogen and oxygen atoms in total. The summed E-state index contributed by atoms with van der Waals surface area (Å²) >= 11 is 6.48. The second-order valence-electron chi connectivity index (χ2n) is 5.26.